The highest BCUT2D eigenvalue weighted by Crippen LogP contribution is 2.35. The van der Waals surface area contributed by atoms with E-state index in [9.17, 15) is 0 Å². The third kappa shape index (κ3) is 1.39. The highest BCUT2D eigenvalue weighted by Gasteiger charge is 2.30. The van der Waals surface area contributed by atoms with Gasteiger partial charge in [0.15, 0.2) is 0 Å². The van der Waals surface area contributed by atoms with Crippen molar-refractivity contribution in [3.8, 4) is 0 Å². The molecule has 0 N–H and O–H groups in total. The first kappa shape index (κ1) is 9.82. The van der Waals surface area contributed by atoms with E-state index in [2.05, 4.69) is 51.4 Å². The standard InChI is InChI=1S/C13H21N/c1-12(2,3)10-8-11-6-7-13(4,5)14(11)9-10/h8-9H,6-7H2,1-5H3. The van der Waals surface area contributed by atoms with E-state index < -0.39 is 0 Å². The molecule has 1 nitrogen and oxygen atoms in total. The number of hydrogen-bond acceptors (Lipinski definition) is 0. The van der Waals surface area contributed by atoms with Crippen molar-refractivity contribution in [2.24, 2.45) is 0 Å². The van der Waals surface area contributed by atoms with Gasteiger partial charge in [-0.2, -0.15) is 0 Å². The molecule has 1 aromatic rings. The first-order chi connectivity index (χ1) is 6.31. The quantitative estimate of drug-likeness (QED) is 0.592. The van der Waals surface area contributed by atoms with Crippen LogP contribution >= 0.6 is 0 Å². The summed E-state index contributed by atoms with van der Waals surface area (Å²) in [6.07, 6.45) is 4.87. The number of hydrogen-bond donors (Lipinski definition) is 0. The molecule has 0 unspecified atom stereocenters. The Hall–Kier alpha value is -0.720. The van der Waals surface area contributed by atoms with Crippen LogP contribution in [0.25, 0.3) is 0 Å². The van der Waals surface area contributed by atoms with E-state index in [1.54, 1.807) is 0 Å². The number of aromatic nitrogens is 1. The van der Waals surface area contributed by atoms with Crippen LogP contribution in [-0.4, -0.2) is 4.57 Å². The van der Waals surface area contributed by atoms with Gasteiger partial charge in [-0.05, 0) is 43.7 Å². The Morgan fingerprint density at radius 3 is 2.43 bits per heavy atom. The maximum Gasteiger partial charge on any atom is 0.0390 e. The molecule has 14 heavy (non-hydrogen) atoms. The first-order valence-electron chi connectivity index (χ1n) is 5.53. The Labute approximate surface area is 87.1 Å². The lowest BCUT2D eigenvalue weighted by atomic mass is 9.88. The molecule has 78 valence electrons. The zero-order valence-electron chi connectivity index (χ0n) is 10.0. The van der Waals surface area contributed by atoms with Crippen molar-refractivity contribution in [2.75, 3.05) is 0 Å². The molecule has 0 aliphatic carbocycles. The van der Waals surface area contributed by atoms with Gasteiger partial charge in [-0.1, -0.05) is 20.8 Å². The number of aryl methyl sites for hydroxylation is 1. The maximum absolute atomic E-state index is 2.47. The zero-order valence-corrected chi connectivity index (χ0v) is 10.0. The van der Waals surface area contributed by atoms with E-state index in [1.165, 1.54) is 24.1 Å². The lowest BCUT2D eigenvalue weighted by Gasteiger charge is -2.22. The monoisotopic (exact) mass is 191 g/mol. The summed E-state index contributed by atoms with van der Waals surface area (Å²) in [6, 6.07) is 2.38. The van der Waals surface area contributed by atoms with Crippen LogP contribution in [0.4, 0.5) is 0 Å². The van der Waals surface area contributed by atoms with Crippen molar-refractivity contribution >= 4 is 0 Å². The summed E-state index contributed by atoms with van der Waals surface area (Å²) in [5.41, 5.74) is 3.60. The third-order valence-corrected chi connectivity index (χ3v) is 3.41. The number of fused-ring (bicyclic) bond motifs is 1. The molecule has 0 radical (unpaired) electrons. The summed E-state index contributed by atoms with van der Waals surface area (Å²) in [7, 11) is 0. The normalized spacial score (nSPS) is 19.8. The lowest BCUT2D eigenvalue weighted by Crippen LogP contribution is -2.21. The zero-order chi connectivity index (χ0) is 10.6. The van der Waals surface area contributed by atoms with Crippen LogP contribution in [0.2, 0.25) is 0 Å². The fraction of sp³-hybridized carbons (Fsp3) is 0.692. The molecule has 0 fully saturated rings. The van der Waals surface area contributed by atoms with Crippen LogP contribution in [0.15, 0.2) is 12.3 Å². The third-order valence-electron chi connectivity index (χ3n) is 3.41. The van der Waals surface area contributed by atoms with Gasteiger partial charge in [0, 0.05) is 17.4 Å². The van der Waals surface area contributed by atoms with E-state index in [4.69, 9.17) is 0 Å². The van der Waals surface area contributed by atoms with E-state index >= 15 is 0 Å². The molecule has 2 rings (SSSR count). The van der Waals surface area contributed by atoms with E-state index in [1.807, 2.05) is 0 Å². The van der Waals surface area contributed by atoms with Gasteiger partial charge in [-0.15, -0.1) is 0 Å². The topological polar surface area (TPSA) is 4.93 Å². The van der Waals surface area contributed by atoms with Crippen molar-refractivity contribution in [1.82, 2.24) is 4.57 Å². The molecule has 0 saturated carbocycles. The average molecular weight is 191 g/mol. The molecule has 1 heteroatoms. The molecule has 2 heterocycles. The van der Waals surface area contributed by atoms with Crippen LogP contribution in [-0.2, 0) is 17.4 Å². The van der Waals surface area contributed by atoms with Crippen molar-refractivity contribution in [1.29, 1.82) is 0 Å². The molecule has 0 saturated heterocycles. The summed E-state index contributed by atoms with van der Waals surface area (Å²) >= 11 is 0. The molecular formula is C13H21N. The second-order valence-electron chi connectivity index (χ2n) is 6.15. The summed E-state index contributed by atoms with van der Waals surface area (Å²) in [4.78, 5) is 0. The van der Waals surface area contributed by atoms with E-state index in [0.717, 1.165) is 0 Å². The second kappa shape index (κ2) is 2.65. The van der Waals surface area contributed by atoms with E-state index in [0.29, 0.717) is 5.54 Å². The molecule has 0 aromatic carbocycles. The van der Waals surface area contributed by atoms with Crippen molar-refractivity contribution in [2.45, 2.75) is 58.4 Å². The Morgan fingerprint density at radius 1 is 1.29 bits per heavy atom. The van der Waals surface area contributed by atoms with E-state index in [-0.39, 0.29) is 5.41 Å². The molecule has 0 amide bonds. The predicted octanol–water partition coefficient (Wildman–Crippen LogP) is 3.47. The molecule has 1 aromatic heterocycles. The molecule has 0 bridgehead atoms. The molecule has 1 aliphatic rings. The van der Waals surface area contributed by atoms with Crippen LogP contribution in [0.5, 0.6) is 0 Å². The Bertz CT molecular complexity index is 350. The van der Waals surface area contributed by atoms with Gasteiger partial charge in [-0.25, -0.2) is 0 Å². The Morgan fingerprint density at radius 2 is 1.93 bits per heavy atom. The van der Waals surface area contributed by atoms with Gasteiger partial charge in [0.2, 0.25) is 0 Å². The predicted molar refractivity (Wildman–Crippen MR) is 60.8 cm³/mol. The van der Waals surface area contributed by atoms with Gasteiger partial charge in [0.25, 0.3) is 0 Å². The minimum Gasteiger partial charge on any atom is -0.346 e. The Balaban J connectivity index is 2.45. The Kier molecular flexibility index (Phi) is 1.86. The highest BCUT2D eigenvalue weighted by atomic mass is 15.1. The van der Waals surface area contributed by atoms with Crippen LogP contribution in [0.1, 0.15) is 52.3 Å². The van der Waals surface area contributed by atoms with Gasteiger partial charge in [0.1, 0.15) is 0 Å². The van der Waals surface area contributed by atoms with Crippen LogP contribution in [0.3, 0.4) is 0 Å². The lowest BCUT2D eigenvalue weighted by molar-refractivity contribution is 0.374. The SMILES string of the molecule is CC(C)(C)c1cc2n(c1)C(C)(C)CC2. The van der Waals surface area contributed by atoms with Crippen molar-refractivity contribution in [3.05, 3.63) is 23.5 Å². The minimum absolute atomic E-state index is 0.285. The molecule has 1 aliphatic heterocycles. The van der Waals surface area contributed by atoms with Gasteiger partial charge in [-0.3, -0.25) is 0 Å². The molecule has 0 spiro atoms. The fourth-order valence-corrected chi connectivity index (χ4v) is 2.23. The summed E-state index contributed by atoms with van der Waals surface area (Å²) < 4.78 is 2.47. The molecule has 0 atom stereocenters. The number of nitrogens with zero attached hydrogens (tertiary/aromatic N) is 1. The largest absolute Gasteiger partial charge is 0.346 e. The summed E-state index contributed by atoms with van der Waals surface area (Å²) in [6.45, 7) is 11.5. The first-order valence-corrected chi connectivity index (χ1v) is 5.53. The van der Waals surface area contributed by atoms with Gasteiger partial charge in [0.05, 0.1) is 0 Å². The van der Waals surface area contributed by atoms with Crippen LogP contribution in [0, 0.1) is 0 Å². The molecular weight excluding hydrogens is 170 g/mol. The average Bonchev–Trinajstić information content (AvgIpc) is 2.51. The van der Waals surface area contributed by atoms with Gasteiger partial charge >= 0.3 is 0 Å². The van der Waals surface area contributed by atoms with Gasteiger partial charge < -0.3 is 4.57 Å². The minimum atomic E-state index is 0.285. The fourth-order valence-electron chi connectivity index (χ4n) is 2.23. The van der Waals surface area contributed by atoms with Crippen LogP contribution < -0.4 is 0 Å². The maximum atomic E-state index is 2.47. The van der Waals surface area contributed by atoms with Crippen molar-refractivity contribution < 1.29 is 0 Å². The number of rotatable bonds is 0. The summed E-state index contributed by atoms with van der Waals surface area (Å²) in [5.74, 6) is 0. The smallest absolute Gasteiger partial charge is 0.0390 e. The second-order valence-corrected chi connectivity index (χ2v) is 6.15. The van der Waals surface area contributed by atoms with Crippen molar-refractivity contribution in [3.63, 3.8) is 0 Å². The highest BCUT2D eigenvalue weighted by molar-refractivity contribution is 5.29. The summed E-state index contributed by atoms with van der Waals surface area (Å²) in [5, 5.41) is 0.